The van der Waals surface area contributed by atoms with Crippen LogP contribution in [0.15, 0.2) is 30.6 Å². The Labute approximate surface area is 164 Å². The largest absolute Gasteiger partial charge is 0.494 e. The molecular formula is C20H28FN5O2. The number of aliphatic hydroxyl groups excluding tert-OH is 1. The molecule has 1 aliphatic carbocycles. The molecule has 0 bridgehead atoms. The number of anilines is 3. The lowest BCUT2D eigenvalue weighted by atomic mass is 9.81. The number of methoxy groups -OCH3 is 1. The van der Waals surface area contributed by atoms with Crippen LogP contribution in [-0.2, 0) is 0 Å². The van der Waals surface area contributed by atoms with Gasteiger partial charge in [0.15, 0.2) is 11.6 Å². The highest BCUT2D eigenvalue weighted by Gasteiger charge is 2.26. The van der Waals surface area contributed by atoms with Crippen LogP contribution in [0.25, 0.3) is 0 Å². The number of hydrogen-bond acceptors (Lipinski definition) is 7. The molecule has 7 nitrogen and oxygen atoms in total. The Kier molecular flexibility index (Phi) is 6.86. The van der Waals surface area contributed by atoms with Crippen LogP contribution in [0.2, 0.25) is 0 Å². The van der Waals surface area contributed by atoms with Crippen molar-refractivity contribution in [2.24, 2.45) is 11.8 Å². The molecule has 152 valence electrons. The maximum absolute atomic E-state index is 13.9. The van der Waals surface area contributed by atoms with Gasteiger partial charge in [0, 0.05) is 31.6 Å². The van der Waals surface area contributed by atoms with Crippen molar-refractivity contribution in [2.75, 3.05) is 36.7 Å². The van der Waals surface area contributed by atoms with E-state index in [1.807, 2.05) is 0 Å². The molecule has 1 saturated carbocycles. The third-order valence-electron chi connectivity index (χ3n) is 5.38. The van der Waals surface area contributed by atoms with Crippen molar-refractivity contribution >= 4 is 17.1 Å². The predicted molar refractivity (Wildman–Crippen MR) is 108 cm³/mol. The molecule has 1 atom stereocenters. The van der Waals surface area contributed by atoms with Crippen LogP contribution >= 0.6 is 0 Å². The standard InChI is InChI=1S/C20H28FN5O2/c1-22-17-9-16(21)19(28-2)10-18(17)23-11-13-3-5-14(6-4-13)20(27)26-15-7-8-24-25-12-15/h7-10,12-14,20,22-23,27H,3-6,11H2,1-2H3,(H,24,26). The average Bonchev–Trinajstić information content (AvgIpc) is 2.73. The molecule has 1 fully saturated rings. The minimum atomic E-state index is -0.588. The highest BCUT2D eigenvalue weighted by atomic mass is 19.1. The topological polar surface area (TPSA) is 91.3 Å². The van der Waals surface area contributed by atoms with Crippen molar-refractivity contribution < 1.29 is 14.2 Å². The molecule has 2 aromatic rings. The SMILES string of the molecule is CNc1cc(F)c(OC)cc1NCC1CCC(C(O)Nc2ccnnc2)CC1. The third kappa shape index (κ3) is 5.01. The lowest BCUT2D eigenvalue weighted by Crippen LogP contribution is -2.33. The van der Waals surface area contributed by atoms with Crippen LogP contribution in [-0.4, -0.2) is 42.2 Å². The zero-order chi connectivity index (χ0) is 19.9. The Hall–Kier alpha value is -2.61. The molecule has 1 aliphatic rings. The number of halogens is 1. The molecule has 3 rings (SSSR count). The molecule has 0 aliphatic heterocycles. The summed E-state index contributed by atoms with van der Waals surface area (Å²) in [4.78, 5) is 0. The highest BCUT2D eigenvalue weighted by molar-refractivity contribution is 5.71. The lowest BCUT2D eigenvalue weighted by molar-refractivity contribution is 0.0971. The van der Waals surface area contributed by atoms with E-state index >= 15 is 0 Å². The van der Waals surface area contributed by atoms with Crippen LogP contribution in [0, 0.1) is 17.7 Å². The van der Waals surface area contributed by atoms with Crippen LogP contribution in [0.4, 0.5) is 21.5 Å². The summed E-state index contributed by atoms with van der Waals surface area (Å²) in [5.74, 6) is 0.559. The van der Waals surface area contributed by atoms with Crippen molar-refractivity contribution in [3.63, 3.8) is 0 Å². The lowest BCUT2D eigenvalue weighted by Gasteiger charge is -2.32. The van der Waals surface area contributed by atoms with Crippen molar-refractivity contribution in [2.45, 2.75) is 31.9 Å². The van der Waals surface area contributed by atoms with Gasteiger partial charge in [0.2, 0.25) is 0 Å². The van der Waals surface area contributed by atoms with Gasteiger partial charge in [0.25, 0.3) is 0 Å². The Morgan fingerprint density at radius 1 is 1.21 bits per heavy atom. The zero-order valence-corrected chi connectivity index (χ0v) is 16.3. The molecule has 0 spiro atoms. The molecule has 0 amide bonds. The van der Waals surface area contributed by atoms with E-state index < -0.39 is 6.23 Å². The minimum absolute atomic E-state index is 0.211. The first-order valence-electron chi connectivity index (χ1n) is 9.61. The fourth-order valence-electron chi connectivity index (χ4n) is 3.69. The van der Waals surface area contributed by atoms with E-state index in [4.69, 9.17) is 4.74 Å². The quantitative estimate of drug-likeness (QED) is 0.515. The molecule has 1 heterocycles. The third-order valence-corrected chi connectivity index (χ3v) is 5.38. The van der Waals surface area contributed by atoms with E-state index in [1.165, 1.54) is 13.2 Å². The number of ether oxygens (including phenoxy) is 1. The summed E-state index contributed by atoms with van der Waals surface area (Å²) < 4.78 is 18.9. The number of nitrogens with one attached hydrogen (secondary N) is 3. The summed E-state index contributed by atoms with van der Waals surface area (Å²) in [5, 5.41) is 27.5. The van der Waals surface area contributed by atoms with E-state index in [-0.39, 0.29) is 17.5 Å². The second-order valence-corrected chi connectivity index (χ2v) is 7.16. The van der Waals surface area contributed by atoms with Crippen LogP contribution in [0.1, 0.15) is 25.7 Å². The summed E-state index contributed by atoms with van der Waals surface area (Å²) in [6.07, 6.45) is 6.57. The van der Waals surface area contributed by atoms with E-state index in [0.29, 0.717) is 11.6 Å². The van der Waals surface area contributed by atoms with Crippen LogP contribution < -0.4 is 20.7 Å². The fraction of sp³-hybridized carbons (Fsp3) is 0.500. The molecule has 1 aromatic carbocycles. The van der Waals surface area contributed by atoms with E-state index in [0.717, 1.165) is 43.6 Å². The molecule has 8 heteroatoms. The van der Waals surface area contributed by atoms with Gasteiger partial charge < -0.3 is 25.8 Å². The van der Waals surface area contributed by atoms with Gasteiger partial charge in [-0.25, -0.2) is 4.39 Å². The number of aliphatic hydroxyl groups is 1. The Bertz CT molecular complexity index is 754. The minimum Gasteiger partial charge on any atom is -0.494 e. The first-order valence-corrected chi connectivity index (χ1v) is 9.61. The van der Waals surface area contributed by atoms with Gasteiger partial charge >= 0.3 is 0 Å². The summed E-state index contributed by atoms with van der Waals surface area (Å²) in [5.41, 5.74) is 2.31. The van der Waals surface area contributed by atoms with E-state index in [9.17, 15) is 9.50 Å². The number of hydrogen-bond donors (Lipinski definition) is 4. The number of aromatic nitrogens is 2. The molecule has 1 unspecified atom stereocenters. The molecule has 28 heavy (non-hydrogen) atoms. The molecule has 4 N–H and O–H groups in total. The van der Waals surface area contributed by atoms with Gasteiger partial charge in [-0.1, -0.05) is 0 Å². The summed E-state index contributed by atoms with van der Waals surface area (Å²) in [6.45, 7) is 0.800. The van der Waals surface area contributed by atoms with Crippen molar-refractivity contribution in [3.8, 4) is 5.75 Å². The van der Waals surface area contributed by atoms with Crippen LogP contribution in [0.3, 0.4) is 0 Å². The number of rotatable bonds is 8. The van der Waals surface area contributed by atoms with Crippen molar-refractivity contribution in [1.82, 2.24) is 10.2 Å². The maximum Gasteiger partial charge on any atom is 0.167 e. The first kappa shape index (κ1) is 20.1. The monoisotopic (exact) mass is 389 g/mol. The summed E-state index contributed by atoms with van der Waals surface area (Å²) in [6, 6.07) is 4.92. The van der Waals surface area contributed by atoms with Crippen molar-refractivity contribution in [3.05, 3.63) is 36.4 Å². The van der Waals surface area contributed by atoms with E-state index in [2.05, 4.69) is 26.1 Å². The predicted octanol–water partition coefficient (Wildman–Crippen LogP) is 3.31. The molecule has 1 aromatic heterocycles. The molecular weight excluding hydrogens is 361 g/mol. The van der Waals surface area contributed by atoms with Gasteiger partial charge in [0.1, 0.15) is 6.23 Å². The summed E-state index contributed by atoms with van der Waals surface area (Å²) in [7, 11) is 3.23. The van der Waals surface area contributed by atoms with Gasteiger partial charge in [-0.2, -0.15) is 10.2 Å². The van der Waals surface area contributed by atoms with Gasteiger partial charge in [-0.05, 0) is 37.7 Å². The Balaban J connectivity index is 1.49. The normalized spacial score (nSPS) is 20.3. The summed E-state index contributed by atoms with van der Waals surface area (Å²) >= 11 is 0. The maximum atomic E-state index is 13.9. The smallest absolute Gasteiger partial charge is 0.167 e. The Morgan fingerprint density at radius 3 is 2.64 bits per heavy atom. The fourth-order valence-corrected chi connectivity index (χ4v) is 3.69. The number of nitrogens with zero attached hydrogens (tertiary/aromatic N) is 2. The van der Waals surface area contributed by atoms with Crippen LogP contribution in [0.5, 0.6) is 5.75 Å². The first-order chi connectivity index (χ1) is 13.6. The number of benzene rings is 1. The highest BCUT2D eigenvalue weighted by Crippen LogP contribution is 2.33. The van der Waals surface area contributed by atoms with Crippen molar-refractivity contribution in [1.29, 1.82) is 0 Å². The zero-order valence-electron chi connectivity index (χ0n) is 16.3. The molecule has 0 saturated heterocycles. The van der Waals surface area contributed by atoms with Gasteiger partial charge in [-0.15, -0.1) is 0 Å². The Morgan fingerprint density at radius 2 is 2.00 bits per heavy atom. The second kappa shape index (κ2) is 9.54. The average molecular weight is 389 g/mol. The van der Waals surface area contributed by atoms with E-state index in [1.54, 1.807) is 31.6 Å². The second-order valence-electron chi connectivity index (χ2n) is 7.16. The molecule has 0 radical (unpaired) electrons. The van der Waals surface area contributed by atoms with Gasteiger partial charge in [-0.3, -0.25) is 0 Å². The van der Waals surface area contributed by atoms with Gasteiger partial charge in [0.05, 0.1) is 36.6 Å².